The Morgan fingerprint density at radius 3 is 2.81 bits per heavy atom. The average molecular weight is 306 g/mol. The van der Waals surface area contributed by atoms with Gasteiger partial charge in [0.05, 0.1) is 4.88 Å². The first-order chi connectivity index (χ1) is 10.3. The quantitative estimate of drug-likeness (QED) is 0.865. The molecule has 0 spiro atoms. The minimum absolute atomic E-state index is 0.113. The van der Waals surface area contributed by atoms with Crippen LogP contribution in [0.5, 0.6) is 0 Å². The number of carbonyl (C=O) groups is 1. The molecule has 2 aromatic rings. The van der Waals surface area contributed by atoms with E-state index in [2.05, 4.69) is 17.1 Å². The SMILES string of the molecule is CCCc1nnc(N2CCN(C(=O)c3cccs3)CC2)o1. The van der Waals surface area contributed by atoms with Gasteiger partial charge in [0.2, 0.25) is 5.89 Å². The number of rotatable bonds is 4. The van der Waals surface area contributed by atoms with E-state index in [9.17, 15) is 4.79 Å². The third-order valence-electron chi connectivity index (χ3n) is 3.49. The van der Waals surface area contributed by atoms with Crippen LogP contribution >= 0.6 is 11.3 Å². The summed E-state index contributed by atoms with van der Waals surface area (Å²) in [5.41, 5.74) is 0. The molecule has 0 aromatic carbocycles. The minimum atomic E-state index is 0.113. The lowest BCUT2D eigenvalue weighted by atomic mass is 10.3. The Labute approximate surface area is 127 Å². The molecule has 1 aliphatic heterocycles. The molecule has 3 rings (SSSR count). The summed E-state index contributed by atoms with van der Waals surface area (Å²) in [6.45, 7) is 4.90. The van der Waals surface area contributed by atoms with Gasteiger partial charge < -0.3 is 14.2 Å². The third kappa shape index (κ3) is 3.07. The molecule has 1 amide bonds. The zero-order chi connectivity index (χ0) is 14.7. The number of thiophene rings is 1. The molecule has 1 fully saturated rings. The molecule has 1 saturated heterocycles. The van der Waals surface area contributed by atoms with Crippen LogP contribution in [0.4, 0.5) is 6.01 Å². The maximum atomic E-state index is 12.3. The fourth-order valence-electron chi connectivity index (χ4n) is 2.34. The summed E-state index contributed by atoms with van der Waals surface area (Å²) in [5.74, 6) is 0.798. The van der Waals surface area contributed by atoms with E-state index in [1.54, 1.807) is 0 Å². The van der Waals surface area contributed by atoms with Crippen LogP contribution in [0.3, 0.4) is 0 Å². The van der Waals surface area contributed by atoms with Crippen molar-refractivity contribution < 1.29 is 9.21 Å². The van der Waals surface area contributed by atoms with E-state index in [4.69, 9.17) is 4.42 Å². The van der Waals surface area contributed by atoms with Crippen LogP contribution in [0.15, 0.2) is 21.9 Å². The van der Waals surface area contributed by atoms with Crippen molar-refractivity contribution in [3.8, 4) is 0 Å². The highest BCUT2D eigenvalue weighted by Crippen LogP contribution is 2.18. The van der Waals surface area contributed by atoms with Crippen molar-refractivity contribution in [3.63, 3.8) is 0 Å². The highest BCUT2D eigenvalue weighted by molar-refractivity contribution is 7.12. The number of anilines is 1. The molecule has 1 aliphatic rings. The molecule has 0 aliphatic carbocycles. The van der Waals surface area contributed by atoms with E-state index < -0.39 is 0 Å². The van der Waals surface area contributed by atoms with E-state index in [1.807, 2.05) is 27.3 Å². The van der Waals surface area contributed by atoms with Gasteiger partial charge in [-0.05, 0) is 17.9 Å². The lowest BCUT2D eigenvalue weighted by Gasteiger charge is -2.33. The molecule has 0 N–H and O–H groups in total. The molecule has 0 atom stereocenters. The van der Waals surface area contributed by atoms with Gasteiger partial charge in [0.25, 0.3) is 5.91 Å². The van der Waals surface area contributed by atoms with Crippen LogP contribution in [0.2, 0.25) is 0 Å². The van der Waals surface area contributed by atoms with E-state index in [-0.39, 0.29) is 5.91 Å². The van der Waals surface area contributed by atoms with Gasteiger partial charge in [-0.3, -0.25) is 4.79 Å². The molecular weight excluding hydrogens is 288 g/mol. The molecule has 0 radical (unpaired) electrons. The van der Waals surface area contributed by atoms with E-state index in [0.29, 0.717) is 25.0 Å². The standard InChI is InChI=1S/C14H18N4O2S/c1-2-4-12-15-16-14(20-12)18-8-6-17(7-9-18)13(19)11-5-3-10-21-11/h3,5,10H,2,4,6-9H2,1H3. The predicted molar refractivity (Wildman–Crippen MR) is 80.7 cm³/mol. The van der Waals surface area contributed by atoms with Crippen LogP contribution in [-0.2, 0) is 6.42 Å². The Morgan fingerprint density at radius 1 is 1.33 bits per heavy atom. The Bertz CT molecular complexity index is 588. The first-order valence-electron chi connectivity index (χ1n) is 7.18. The topological polar surface area (TPSA) is 62.5 Å². The first kappa shape index (κ1) is 14.1. The van der Waals surface area contributed by atoms with Crippen LogP contribution in [0.1, 0.15) is 28.9 Å². The maximum Gasteiger partial charge on any atom is 0.318 e. The summed E-state index contributed by atoms with van der Waals surface area (Å²) in [6, 6.07) is 4.35. The van der Waals surface area contributed by atoms with Gasteiger partial charge in [-0.1, -0.05) is 18.1 Å². The third-order valence-corrected chi connectivity index (χ3v) is 4.35. The molecule has 21 heavy (non-hydrogen) atoms. The van der Waals surface area contributed by atoms with Crippen LogP contribution in [-0.4, -0.2) is 47.2 Å². The Balaban J connectivity index is 1.58. The second-order valence-electron chi connectivity index (χ2n) is 4.98. The molecule has 2 aromatic heterocycles. The molecule has 7 heteroatoms. The molecule has 3 heterocycles. The van der Waals surface area contributed by atoms with Crippen molar-refractivity contribution in [1.82, 2.24) is 15.1 Å². The van der Waals surface area contributed by atoms with Gasteiger partial charge in [-0.2, -0.15) is 0 Å². The van der Waals surface area contributed by atoms with Crippen molar-refractivity contribution in [1.29, 1.82) is 0 Å². The normalized spacial score (nSPS) is 15.5. The highest BCUT2D eigenvalue weighted by atomic mass is 32.1. The van der Waals surface area contributed by atoms with Crippen LogP contribution in [0.25, 0.3) is 0 Å². The summed E-state index contributed by atoms with van der Waals surface area (Å²) >= 11 is 1.48. The van der Waals surface area contributed by atoms with Gasteiger partial charge in [0.15, 0.2) is 0 Å². The van der Waals surface area contributed by atoms with E-state index in [1.165, 1.54) is 11.3 Å². The number of nitrogens with zero attached hydrogens (tertiary/aromatic N) is 4. The number of aryl methyl sites for hydroxylation is 1. The summed E-state index contributed by atoms with van der Waals surface area (Å²) in [6.07, 6.45) is 1.80. The zero-order valence-corrected chi connectivity index (χ0v) is 12.8. The van der Waals surface area contributed by atoms with Crippen molar-refractivity contribution in [2.45, 2.75) is 19.8 Å². The lowest BCUT2D eigenvalue weighted by Crippen LogP contribution is -2.48. The Kier molecular flexibility index (Phi) is 4.19. The fraction of sp³-hybridized carbons (Fsp3) is 0.500. The van der Waals surface area contributed by atoms with Crippen LogP contribution < -0.4 is 4.90 Å². The molecule has 0 saturated carbocycles. The fourth-order valence-corrected chi connectivity index (χ4v) is 3.04. The number of carbonyl (C=O) groups excluding carboxylic acids is 1. The average Bonchev–Trinajstić information content (AvgIpc) is 3.19. The van der Waals surface area contributed by atoms with Crippen LogP contribution in [0, 0.1) is 0 Å². The van der Waals surface area contributed by atoms with Crippen molar-refractivity contribution in [3.05, 3.63) is 28.3 Å². The predicted octanol–water partition coefficient (Wildman–Crippen LogP) is 2.05. The summed E-state index contributed by atoms with van der Waals surface area (Å²) in [5, 5.41) is 10.1. The van der Waals surface area contributed by atoms with E-state index >= 15 is 0 Å². The number of hydrogen-bond acceptors (Lipinski definition) is 6. The number of piperazine rings is 1. The maximum absolute atomic E-state index is 12.3. The van der Waals surface area contributed by atoms with Gasteiger partial charge in [-0.15, -0.1) is 16.4 Å². The summed E-state index contributed by atoms with van der Waals surface area (Å²) in [7, 11) is 0. The molecule has 0 bridgehead atoms. The van der Waals surface area contributed by atoms with Gasteiger partial charge in [0, 0.05) is 32.6 Å². The molecule has 6 nitrogen and oxygen atoms in total. The van der Waals surface area contributed by atoms with Gasteiger partial charge >= 0.3 is 6.01 Å². The number of hydrogen-bond donors (Lipinski definition) is 0. The zero-order valence-electron chi connectivity index (χ0n) is 12.0. The molecular formula is C14H18N4O2S. The summed E-state index contributed by atoms with van der Waals surface area (Å²) in [4.78, 5) is 17.0. The van der Waals surface area contributed by atoms with Gasteiger partial charge in [0.1, 0.15) is 0 Å². The second-order valence-corrected chi connectivity index (χ2v) is 5.93. The van der Waals surface area contributed by atoms with E-state index in [0.717, 1.165) is 30.8 Å². The van der Waals surface area contributed by atoms with Crippen molar-refractivity contribution in [2.75, 3.05) is 31.1 Å². The molecule has 112 valence electrons. The highest BCUT2D eigenvalue weighted by Gasteiger charge is 2.25. The Morgan fingerprint density at radius 2 is 2.14 bits per heavy atom. The molecule has 0 unspecified atom stereocenters. The number of aromatic nitrogens is 2. The smallest absolute Gasteiger partial charge is 0.318 e. The second kappa shape index (κ2) is 6.26. The first-order valence-corrected chi connectivity index (χ1v) is 8.06. The largest absolute Gasteiger partial charge is 0.408 e. The summed E-state index contributed by atoms with van der Waals surface area (Å²) < 4.78 is 5.63. The van der Waals surface area contributed by atoms with Gasteiger partial charge in [-0.25, -0.2) is 0 Å². The number of amides is 1. The minimum Gasteiger partial charge on any atom is -0.408 e. The lowest BCUT2D eigenvalue weighted by molar-refractivity contribution is 0.0750. The Hall–Kier alpha value is -1.89. The van der Waals surface area contributed by atoms with Crippen molar-refractivity contribution in [2.24, 2.45) is 0 Å². The monoisotopic (exact) mass is 306 g/mol. The van der Waals surface area contributed by atoms with Crippen molar-refractivity contribution >= 4 is 23.3 Å².